The summed E-state index contributed by atoms with van der Waals surface area (Å²) in [5.41, 5.74) is 2.10. The Morgan fingerprint density at radius 3 is 2.24 bits per heavy atom. The first kappa shape index (κ1) is 17.8. The Morgan fingerprint density at radius 2 is 1.48 bits per heavy atom. The highest BCUT2D eigenvalue weighted by atomic mass is 19.4. The van der Waals surface area contributed by atoms with E-state index in [1.807, 2.05) is 48.5 Å². The van der Waals surface area contributed by atoms with Crippen molar-refractivity contribution in [3.63, 3.8) is 0 Å². The van der Waals surface area contributed by atoms with Crippen LogP contribution < -0.4 is 4.74 Å². The summed E-state index contributed by atoms with van der Waals surface area (Å²) in [6, 6.07) is 22.6. The maximum Gasteiger partial charge on any atom is 0.416 e. The number of fused-ring (bicyclic) bond motifs is 3. The van der Waals surface area contributed by atoms with Gasteiger partial charge < -0.3 is 4.74 Å². The molecule has 0 amide bonds. The van der Waals surface area contributed by atoms with Crippen LogP contribution in [0.3, 0.4) is 0 Å². The van der Waals surface area contributed by atoms with Gasteiger partial charge in [0, 0.05) is 17.5 Å². The van der Waals surface area contributed by atoms with Crippen molar-refractivity contribution in [3.8, 4) is 5.75 Å². The number of halogens is 3. The van der Waals surface area contributed by atoms with Gasteiger partial charge in [0.05, 0.1) is 17.3 Å². The fourth-order valence-electron chi connectivity index (χ4n) is 4.01. The van der Waals surface area contributed by atoms with Crippen LogP contribution in [-0.4, -0.2) is 10.7 Å². The number of hydrogen-bond donors (Lipinski definition) is 0. The third-order valence-corrected chi connectivity index (χ3v) is 5.34. The lowest BCUT2D eigenvalue weighted by Gasteiger charge is -2.38. The first-order chi connectivity index (χ1) is 14.0. The van der Waals surface area contributed by atoms with Gasteiger partial charge in [-0.25, -0.2) is 5.01 Å². The van der Waals surface area contributed by atoms with Crippen LogP contribution in [-0.2, 0) is 6.18 Å². The summed E-state index contributed by atoms with van der Waals surface area (Å²) in [5, 5.41) is 6.39. The van der Waals surface area contributed by atoms with E-state index in [4.69, 9.17) is 9.84 Å². The van der Waals surface area contributed by atoms with Gasteiger partial charge in [-0.15, -0.1) is 0 Å². The molecule has 2 atom stereocenters. The number of hydrazone groups is 1. The minimum Gasteiger partial charge on any atom is -0.464 e. The van der Waals surface area contributed by atoms with Crippen LogP contribution in [0.2, 0.25) is 0 Å². The van der Waals surface area contributed by atoms with E-state index in [0.717, 1.165) is 22.9 Å². The summed E-state index contributed by atoms with van der Waals surface area (Å²) in [4.78, 5) is 0. The predicted octanol–water partition coefficient (Wildman–Crippen LogP) is 5.95. The number of nitrogens with zero attached hydrogens (tertiary/aromatic N) is 2. The molecule has 0 bridgehead atoms. The van der Waals surface area contributed by atoms with Crippen LogP contribution >= 0.6 is 0 Å². The molecule has 2 heterocycles. The molecule has 6 heteroatoms. The summed E-state index contributed by atoms with van der Waals surface area (Å²) >= 11 is 0. The molecule has 0 saturated carbocycles. The zero-order valence-electron chi connectivity index (χ0n) is 15.3. The number of para-hydroxylation sites is 1. The molecule has 29 heavy (non-hydrogen) atoms. The second-order valence-electron chi connectivity index (χ2n) is 7.11. The summed E-state index contributed by atoms with van der Waals surface area (Å²) < 4.78 is 47.1. The number of benzene rings is 3. The Bertz CT molecular complexity index is 1080. The van der Waals surface area contributed by atoms with Gasteiger partial charge in [-0.3, -0.25) is 0 Å². The van der Waals surface area contributed by atoms with E-state index < -0.39 is 18.0 Å². The van der Waals surface area contributed by atoms with E-state index in [0.29, 0.717) is 12.2 Å². The van der Waals surface area contributed by atoms with Crippen LogP contribution in [0.4, 0.5) is 13.2 Å². The molecule has 3 aromatic rings. The van der Waals surface area contributed by atoms with Gasteiger partial charge in [0.2, 0.25) is 6.23 Å². The first-order valence-corrected chi connectivity index (χ1v) is 9.35. The van der Waals surface area contributed by atoms with Gasteiger partial charge in [0.25, 0.3) is 0 Å². The summed E-state index contributed by atoms with van der Waals surface area (Å²) in [7, 11) is 0. The van der Waals surface area contributed by atoms with Crippen molar-refractivity contribution in [2.24, 2.45) is 5.10 Å². The molecule has 0 N–H and O–H groups in total. The molecule has 146 valence electrons. The topological polar surface area (TPSA) is 24.8 Å². The summed E-state index contributed by atoms with van der Waals surface area (Å²) in [5.74, 6) is 0.597. The molecule has 2 aliphatic rings. The van der Waals surface area contributed by atoms with E-state index in [1.54, 1.807) is 17.1 Å². The molecular weight excluding hydrogens is 377 g/mol. The van der Waals surface area contributed by atoms with Crippen LogP contribution in [0.15, 0.2) is 84.0 Å². The van der Waals surface area contributed by atoms with Gasteiger partial charge in [-0.05, 0) is 17.7 Å². The van der Waals surface area contributed by atoms with Crippen LogP contribution in [0.5, 0.6) is 5.75 Å². The molecule has 0 aromatic heterocycles. The van der Waals surface area contributed by atoms with E-state index in [-0.39, 0.29) is 11.6 Å². The smallest absolute Gasteiger partial charge is 0.416 e. The quantitative estimate of drug-likeness (QED) is 0.537. The summed E-state index contributed by atoms with van der Waals surface area (Å²) in [6.07, 6.45) is -4.82. The SMILES string of the molecule is FC(F)(F)c1ccccc1[C@@H]1Oc2ccccc2[C@H]2CC(c3ccccc3)=NN21. The number of hydrogen-bond acceptors (Lipinski definition) is 3. The van der Waals surface area contributed by atoms with Gasteiger partial charge in [0.1, 0.15) is 5.75 Å². The van der Waals surface area contributed by atoms with Crippen molar-refractivity contribution in [1.29, 1.82) is 0 Å². The zero-order chi connectivity index (χ0) is 20.0. The van der Waals surface area contributed by atoms with Gasteiger partial charge >= 0.3 is 6.18 Å². The van der Waals surface area contributed by atoms with Crippen LogP contribution in [0, 0.1) is 0 Å². The van der Waals surface area contributed by atoms with Crippen LogP contribution in [0.1, 0.15) is 40.9 Å². The lowest BCUT2D eigenvalue weighted by atomic mass is 9.95. The first-order valence-electron chi connectivity index (χ1n) is 9.35. The maximum atomic E-state index is 13.7. The second kappa shape index (κ2) is 6.65. The lowest BCUT2D eigenvalue weighted by molar-refractivity contribution is -0.140. The lowest BCUT2D eigenvalue weighted by Crippen LogP contribution is -2.35. The monoisotopic (exact) mass is 394 g/mol. The maximum absolute atomic E-state index is 13.7. The van der Waals surface area contributed by atoms with Crippen molar-refractivity contribution in [2.75, 3.05) is 0 Å². The van der Waals surface area contributed by atoms with Crippen molar-refractivity contribution >= 4 is 5.71 Å². The molecule has 0 fully saturated rings. The molecule has 0 unspecified atom stereocenters. The largest absolute Gasteiger partial charge is 0.464 e. The Kier molecular flexibility index (Phi) is 4.08. The third kappa shape index (κ3) is 3.05. The van der Waals surface area contributed by atoms with E-state index in [9.17, 15) is 13.2 Å². The molecule has 2 aliphatic heterocycles. The predicted molar refractivity (Wildman–Crippen MR) is 103 cm³/mol. The highest BCUT2D eigenvalue weighted by molar-refractivity contribution is 6.01. The van der Waals surface area contributed by atoms with E-state index >= 15 is 0 Å². The van der Waals surface area contributed by atoms with Crippen molar-refractivity contribution in [2.45, 2.75) is 24.9 Å². The average molecular weight is 394 g/mol. The standard InChI is InChI=1S/C23H17F3N2O/c24-23(25,26)18-12-6-4-10-16(18)22-28-20(17-11-5-7-13-21(17)29-22)14-19(27-28)15-8-2-1-3-9-15/h1-13,20,22H,14H2/t20-,22+/m1/s1. The Balaban J connectivity index is 1.64. The van der Waals surface area contributed by atoms with Gasteiger partial charge in [-0.2, -0.15) is 18.3 Å². The Morgan fingerprint density at radius 1 is 0.828 bits per heavy atom. The van der Waals surface area contributed by atoms with Crippen molar-refractivity contribution in [1.82, 2.24) is 5.01 Å². The Labute approximate surface area is 166 Å². The highest BCUT2D eigenvalue weighted by Crippen LogP contribution is 2.49. The fourth-order valence-corrected chi connectivity index (χ4v) is 4.01. The molecule has 3 nitrogen and oxygen atoms in total. The highest BCUT2D eigenvalue weighted by Gasteiger charge is 2.44. The van der Waals surface area contributed by atoms with Crippen molar-refractivity contribution < 1.29 is 17.9 Å². The van der Waals surface area contributed by atoms with Gasteiger partial charge in [0.15, 0.2) is 0 Å². The minimum absolute atomic E-state index is 0.0672. The normalized spacial score (nSPS) is 20.5. The minimum atomic E-state index is -4.47. The molecule has 0 saturated heterocycles. The zero-order valence-corrected chi connectivity index (χ0v) is 15.3. The third-order valence-electron chi connectivity index (χ3n) is 5.34. The van der Waals surface area contributed by atoms with E-state index in [1.165, 1.54) is 12.1 Å². The fraction of sp³-hybridized carbons (Fsp3) is 0.174. The van der Waals surface area contributed by atoms with E-state index in [2.05, 4.69) is 0 Å². The Hall–Kier alpha value is -3.28. The molecular formula is C23H17F3N2O. The van der Waals surface area contributed by atoms with Gasteiger partial charge in [-0.1, -0.05) is 66.7 Å². The average Bonchev–Trinajstić information content (AvgIpc) is 3.19. The molecule has 0 radical (unpaired) electrons. The second-order valence-corrected chi connectivity index (χ2v) is 7.11. The number of alkyl halides is 3. The molecule has 0 spiro atoms. The number of rotatable bonds is 2. The van der Waals surface area contributed by atoms with Crippen LogP contribution in [0.25, 0.3) is 0 Å². The molecule has 3 aromatic carbocycles. The molecule has 0 aliphatic carbocycles. The summed E-state index contributed by atoms with van der Waals surface area (Å²) in [6.45, 7) is 0. The molecule has 5 rings (SSSR count). The number of ether oxygens (including phenoxy) is 1. The van der Waals surface area contributed by atoms with Crippen molar-refractivity contribution in [3.05, 3.63) is 101 Å².